The first kappa shape index (κ1) is 20.2. The molecule has 4 aromatic rings. The van der Waals surface area contributed by atoms with Crippen LogP contribution >= 0.6 is 0 Å². The lowest BCUT2D eigenvalue weighted by Gasteiger charge is -2.37. The zero-order valence-electron chi connectivity index (χ0n) is 17.9. The number of piperazine rings is 1. The van der Waals surface area contributed by atoms with E-state index < -0.39 is 0 Å². The van der Waals surface area contributed by atoms with Crippen molar-refractivity contribution in [2.75, 3.05) is 31.5 Å². The van der Waals surface area contributed by atoms with Crippen LogP contribution in [0.2, 0.25) is 0 Å². The number of H-pyrrole nitrogens is 1. The number of rotatable bonds is 4. The van der Waals surface area contributed by atoms with Gasteiger partial charge in [0, 0.05) is 42.6 Å². The van der Waals surface area contributed by atoms with Crippen LogP contribution in [0.25, 0.3) is 21.7 Å². The van der Waals surface area contributed by atoms with Gasteiger partial charge < -0.3 is 10.2 Å². The first-order chi connectivity index (χ1) is 15.6. The molecule has 5 rings (SSSR count). The number of hydrogen-bond acceptors (Lipinski definition) is 4. The van der Waals surface area contributed by atoms with E-state index in [2.05, 4.69) is 20.4 Å². The van der Waals surface area contributed by atoms with Crippen molar-refractivity contribution in [3.63, 3.8) is 0 Å². The maximum Gasteiger partial charge on any atom is 0.275 e. The van der Waals surface area contributed by atoms with E-state index in [1.54, 1.807) is 0 Å². The van der Waals surface area contributed by atoms with Crippen molar-refractivity contribution in [1.29, 1.82) is 0 Å². The lowest BCUT2D eigenvalue weighted by molar-refractivity contribution is -0.121. The van der Waals surface area contributed by atoms with Crippen molar-refractivity contribution in [3.8, 4) is 0 Å². The second-order valence-corrected chi connectivity index (χ2v) is 8.14. The minimum Gasteiger partial charge on any atom is -0.335 e. The quantitative estimate of drug-likeness (QED) is 0.522. The molecule has 162 valence electrons. The van der Waals surface area contributed by atoms with Crippen LogP contribution < -0.4 is 5.32 Å². The Morgan fingerprint density at radius 1 is 0.906 bits per heavy atom. The van der Waals surface area contributed by atoms with Crippen molar-refractivity contribution in [3.05, 3.63) is 72.4 Å². The zero-order valence-corrected chi connectivity index (χ0v) is 17.9. The van der Waals surface area contributed by atoms with E-state index in [4.69, 9.17) is 0 Å². The summed E-state index contributed by atoms with van der Waals surface area (Å²) in [7, 11) is 0. The minimum atomic E-state index is -0.294. The Kier molecular flexibility index (Phi) is 5.33. The SMILES string of the molecule is C[C@H](C(=O)Nc1cccc2ccccc12)N1CCN(C(=O)c2n[nH]c3ccccc23)CC1. The molecule has 7 nitrogen and oxygen atoms in total. The number of nitrogens with one attached hydrogen (secondary N) is 2. The number of aromatic amines is 1. The molecule has 0 aliphatic carbocycles. The molecule has 32 heavy (non-hydrogen) atoms. The minimum absolute atomic E-state index is 0.0422. The Balaban J connectivity index is 1.23. The van der Waals surface area contributed by atoms with Crippen molar-refractivity contribution in [2.45, 2.75) is 13.0 Å². The summed E-state index contributed by atoms with van der Waals surface area (Å²) < 4.78 is 0. The molecule has 2 amide bonds. The normalized spacial score (nSPS) is 15.7. The van der Waals surface area contributed by atoms with E-state index >= 15 is 0 Å². The standard InChI is InChI=1S/C25H25N5O2/c1-17(24(31)26-21-12-6-8-18-7-2-3-9-19(18)21)29-13-15-30(16-14-29)25(32)23-20-10-4-5-11-22(20)27-28-23/h2-12,17H,13-16H2,1H3,(H,26,31)(H,27,28)/t17-/m1/s1. The van der Waals surface area contributed by atoms with Crippen molar-refractivity contribution >= 4 is 39.2 Å². The molecule has 1 saturated heterocycles. The van der Waals surface area contributed by atoms with Gasteiger partial charge in [-0.2, -0.15) is 5.10 Å². The molecule has 7 heteroatoms. The third kappa shape index (κ3) is 3.71. The molecule has 0 unspecified atom stereocenters. The van der Waals surface area contributed by atoms with Gasteiger partial charge in [-0.25, -0.2) is 0 Å². The van der Waals surface area contributed by atoms with Gasteiger partial charge in [-0.05, 0) is 24.4 Å². The number of hydrogen-bond donors (Lipinski definition) is 2. The van der Waals surface area contributed by atoms with Crippen molar-refractivity contribution in [2.24, 2.45) is 0 Å². The number of carbonyl (C=O) groups excluding carboxylic acids is 2. The summed E-state index contributed by atoms with van der Waals surface area (Å²) in [6.07, 6.45) is 0. The molecule has 2 heterocycles. The molecule has 0 spiro atoms. The Hall–Kier alpha value is -3.71. The second-order valence-electron chi connectivity index (χ2n) is 8.14. The highest BCUT2D eigenvalue weighted by Crippen LogP contribution is 2.24. The topological polar surface area (TPSA) is 81.3 Å². The number of fused-ring (bicyclic) bond motifs is 2. The van der Waals surface area contributed by atoms with Crippen LogP contribution in [-0.2, 0) is 4.79 Å². The number of benzene rings is 3. The highest BCUT2D eigenvalue weighted by atomic mass is 16.2. The van der Waals surface area contributed by atoms with Crippen molar-refractivity contribution < 1.29 is 9.59 Å². The third-order valence-corrected chi connectivity index (χ3v) is 6.25. The fraction of sp³-hybridized carbons (Fsp3) is 0.240. The van der Waals surface area contributed by atoms with Gasteiger partial charge in [0.15, 0.2) is 5.69 Å². The molecule has 0 saturated carbocycles. The molecule has 1 fully saturated rings. The lowest BCUT2D eigenvalue weighted by atomic mass is 10.1. The first-order valence-corrected chi connectivity index (χ1v) is 10.9. The highest BCUT2D eigenvalue weighted by molar-refractivity contribution is 6.05. The number of anilines is 1. The van der Waals surface area contributed by atoms with Gasteiger partial charge >= 0.3 is 0 Å². The van der Waals surface area contributed by atoms with E-state index in [1.165, 1.54) is 0 Å². The summed E-state index contributed by atoms with van der Waals surface area (Å²) in [6.45, 7) is 4.31. The van der Waals surface area contributed by atoms with Gasteiger partial charge in [-0.15, -0.1) is 0 Å². The van der Waals surface area contributed by atoms with Crippen LogP contribution in [0.5, 0.6) is 0 Å². The summed E-state index contributed by atoms with van der Waals surface area (Å²) in [5, 5.41) is 13.2. The average Bonchev–Trinajstić information content (AvgIpc) is 3.27. The Bertz CT molecular complexity index is 1280. The summed E-state index contributed by atoms with van der Waals surface area (Å²) in [4.78, 5) is 29.9. The molecule has 1 aromatic heterocycles. The van der Waals surface area contributed by atoms with Crippen LogP contribution in [0.15, 0.2) is 66.7 Å². The van der Waals surface area contributed by atoms with Crippen LogP contribution in [0.1, 0.15) is 17.4 Å². The van der Waals surface area contributed by atoms with Gasteiger partial charge in [0.1, 0.15) is 0 Å². The summed E-state index contributed by atoms with van der Waals surface area (Å²) in [6, 6.07) is 21.3. The van der Waals surface area contributed by atoms with Gasteiger partial charge in [-0.3, -0.25) is 19.6 Å². The van der Waals surface area contributed by atoms with E-state index in [1.807, 2.05) is 78.6 Å². The number of carbonyl (C=O) groups is 2. The van der Waals surface area contributed by atoms with E-state index in [0.29, 0.717) is 31.9 Å². The van der Waals surface area contributed by atoms with E-state index in [0.717, 1.165) is 27.4 Å². The molecular formula is C25H25N5O2. The van der Waals surface area contributed by atoms with Crippen molar-refractivity contribution in [1.82, 2.24) is 20.0 Å². The second kappa shape index (κ2) is 8.43. The molecule has 0 radical (unpaired) electrons. The fourth-order valence-electron chi connectivity index (χ4n) is 4.33. The molecule has 1 atom stereocenters. The van der Waals surface area contributed by atoms with E-state index in [-0.39, 0.29) is 17.9 Å². The monoisotopic (exact) mass is 427 g/mol. The average molecular weight is 428 g/mol. The van der Waals surface area contributed by atoms with Gasteiger partial charge in [0.2, 0.25) is 5.91 Å². The molecule has 1 aliphatic heterocycles. The predicted molar refractivity (Wildman–Crippen MR) is 126 cm³/mol. The third-order valence-electron chi connectivity index (χ3n) is 6.25. The Labute approximate surface area is 186 Å². The summed E-state index contributed by atoms with van der Waals surface area (Å²) in [5.41, 5.74) is 2.13. The maximum absolute atomic E-state index is 13.0. The zero-order chi connectivity index (χ0) is 22.1. The van der Waals surface area contributed by atoms with Gasteiger partial charge in [-0.1, -0.05) is 54.6 Å². The molecule has 2 N–H and O–H groups in total. The fourth-order valence-corrected chi connectivity index (χ4v) is 4.33. The van der Waals surface area contributed by atoms with Crippen LogP contribution in [0.3, 0.4) is 0 Å². The largest absolute Gasteiger partial charge is 0.335 e. The maximum atomic E-state index is 13.0. The summed E-state index contributed by atoms with van der Waals surface area (Å²) in [5.74, 6) is -0.116. The Morgan fingerprint density at radius 3 is 2.41 bits per heavy atom. The van der Waals surface area contributed by atoms with E-state index in [9.17, 15) is 9.59 Å². The number of para-hydroxylation sites is 1. The van der Waals surface area contributed by atoms with Crippen LogP contribution in [0, 0.1) is 0 Å². The van der Waals surface area contributed by atoms with Crippen LogP contribution in [0.4, 0.5) is 5.69 Å². The molecule has 3 aromatic carbocycles. The highest BCUT2D eigenvalue weighted by Gasteiger charge is 2.29. The lowest BCUT2D eigenvalue weighted by Crippen LogP contribution is -2.54. The predicted octanol–water partition coefficient (Wildman–Crippen LogP) is 3.50. The summed E-state index contributed by atoms with van der Waals surface area (Å²) >= 11 is 0. The van der Waals surface area contributed by atoms with Gasteiger partial charge in [0.25, 0.3) is 5.91 Å². The van der Waals surface area contributed by atoms with Gasteiger partial charge in [0.05, 0.1) is 11.6 Å². The first-order valence-electron chi connectivity index (χ1n) is 10.9. The number of amides is 2. The number of aromatic nitrogens is 2. The molecule has 0 bridgehead atoms. The van der Waals surface area contributed by atoms with Crippen LogP contribution in [-0.4, -0.2) is 64.0 Å². The Morgan fingerprint density at radius 2 is 1.59 bits per heavy atom. The molecular weight excluding hydrogens is 402 g/mol. The smallest absolute Gasteiger partial charge is 0.275 e. The number of nitrogens with zero attached hydrogens (tertiary/aromatic N) is 3. The molecule has 1 aliphatic rings.